The Labute approximate surface area is 80.7 Å². The zero-order chi connectivity index (χ0) is 9.90. The number of hydrogen-bond acceptors (Lipinski definition) is 2. The van der Waals surface area contributed by atoms with Crippen LogP contribution < -0.4 is 5.73 Å². The van der Waals surface area contributed by atoms with Crippen LogP contribution in [0.4, 0.5) is 0 Å². The standard InChI is InChI=1S/C10H20N3/c1-13(2,8-7-11)10-5-3-9(12)4-6-10/h9-10H,3-6,8,12H2,1-2H3/q+1/t9-,10-. The molecule has 0 unspecified atom stereocenters. The summed E-state index contributed by atoms with van der Waals surface area (Å²) in [6.45, 7) is 0.611. The van der Waals surface area contributed by atoms with Gasteiger partial charge in [0.25, 0.3) is 0 Å². The largest absolute Gasteiger partial charge is 0.328 e. The maximum atomic E-state index is 8.69. The normalized spacial score (nSPS) is 29.7. The van der Waals surface area contributed by atoms with E-state index in [0.29, 0.717) is 18.6 Å². The maximum Gasteiger partial charge on any atom is 0.166 e. The van der Waals surface area contributed by atoms with E-state index in [-0.39, 0.29) is 0 Å². The molecule has 1 aliphatic carbocycles. The van der Waals surface area contributed by atoms with Gasteiger partial charge >= 0.3 is 0 Å². The number of nitrogens with two attached hydrogens (primary N) is 1. The minimum atomic E-state index is 0.401. The van der Waals surface area contributed by atoms with E-state index in [2.05, 4.69) is 20.2 Å². The molecule has 1 aliphatic rings. The van der Waals surface area contributed by atoms with Crippen molar-refractivity contribution in [3.05, 3.63) is 0 Å². The summed E-state index contributed by atoms with van der Waals surface area (Å²) in [4.78, 5) is 0. The summed E-state index contributed by atoms with van der Waals surface area (Å²) >= 11 is 0. The minimum Gasteiger partial charge on any atom is -0.328 e. The van der Waals surface area contributed by atoms with E-state index in [1.165, 1.54) is 12.8 Å². The minimum absolute atomic E-state index is 0.401. The molecule has 74 valence electrons. The van der Waals surface area contributed by atoms with Crippen LogP contribution in [-0.2, 0) is 0 Å². The van der Waals surface area contributed by atoms with Gasteiger partial charge in [0.2, 0.25) is 0 Å². The third-order valence-electron chi connectivity index (χ3n) is 3.21. The van der Waals surface area contributed by atoms with E-state index in [9.17, 15) is 0 Å². The van der Waals surface area contributed by atoms with Gasteiger partial charge < -0.3 is 10.2 Å². The molecule has 0 radical (unpaired) electrons. The summed E-state index contributed by atoms with van der Waals surface area (Å²) in [5.41, 5.74) is 5.84. The topological polar surface area (TPSA) is 49.8 Å². The van der Waals surface area contributed by atoms with Crippen LogP contribution in [0.3, 0.4) is 0 Å². The molecule has 1 fully saturated rings. The SMILES string of the molecule is C[N+](C)(CC#N)[C@H]1CC[C@H](N)CC1. The average Bonchev–Trinajstić information content (AvgIpc) is 2.05. The van der Waals surface area contributed by atoms with Gasteiger partial charge in [-0.15, -0.1) is 0 Å². The second kappa shape index (κ2) is 4.08. The molecule has 0 bridgehead atoms. The molecule has 0 aromatic rings. The van der Waals surface area contributed by atoms with Gasteiger partial charge in [-0.1, -0.05) is 0 Å². The number of nitriles is 1. The molecular formula is C10H20N3+. The Kier molecular flexibility index (Phi) is 3.29. The second-order valence-corrected chi connectivity index (χ2v) is 4.66. The fourth-order valence-corrected chi connectivity index (χ4v) is 2.11. The molecule has 3 nitrogen and oxygen atoms in total. The van der Waals surface area contributed by atoms with Gasteiger partial charge in [0, 0.05) is 18.9 Å². The van der Waals surface area contributed by atoms with E-state index in [1.54, 1.807) is 0 Å². The Bertz CT molecular complexity index is 197. The van der Waals surface area contributed by atoms with Crippen LogP contribution in [0.1, 0.15) is 25.7 Å². The fourth-order valence-electron chi connectivity index (χ4n) is 2.11. The summed E-state index contributed by atoms with van der Waals surface area (Å²) < 4.78 is 0.837. The lowest BCUT2D eigenvalue weighted by molar-refractivity contribution is -0.909. The van der Waals surface area contributed by atoms with Crippen LogP contribution in [-0.4, -0.2) is 37.2 Å². The lowest BCUT2D eigenvalue weighted by Crippen LogP contribution is -2.51. The molecule has 0 atom stereocenters. The molecule has 0 amide bonds. The molecule has 0 aliphatic heterocycles. The van der Waals surface area contributed by atoms with Gasteiger partial charge in [0.15, 0.2) is 6.54 Å². The molecule has 2 N–H and O–H groups in total. The van der Waals surface area contributed by atoms with Gasteiger partial charge in [0.05, 0.1) is 20.1 Å². The van der Waals surface area contributed by atoms with Crippen molar-refractivity contribution in [2.45, 2.75) is 37.8 Å². The Balaban J connectivity index is 2.48. The zero-order valence-corrected chi connectivity index (χ0v) is 8.66. The molecule has 13 heavy (non-hydrogen) atoms. The summed E-state index contributed by atoms with van der Waals surface area (Å²) in [7, 11) is 4.29. The summed E-state index contributed by atoms with van der Waals surface area (Å²) in [5, 5.41) is 8.69. The Hall–Kier alpha value is -0.590. The first kappa shape index (κ1) is 10.5. The molecule has 1 saturated carbocycles. The van der Waals surface area contributed by atoms with Crippen LogP contribution in [0.15, 0.2) is 0 Å². The van der Waals surface area contributed by atoms with Gasteiger partial charge in [-0.3, -0.25) is 0 Å². The quantitative estimate of drug-likeness (QED) is 0.508. The molecule has 0 aromatic carbocycles. The highest BCUT2D eigenvalue weighted by Gasteiger charge is 2.31. The van der Waals surface area contributed by atoms with E-state index in [4.69, 9.17) is 11.0 Å². The van der Waals surface area contributed by atoms with Crippen molar-refractivity contribution < 1.29 is 4.48 Å². The van der Waals surface area contributed by atoms with Gasteiger partial charge in [-0.25, -0.2) is 0 Å². The maximum absolute atomic E-state index is 8.69. The third-order valence-corrected chi connectivity index (χ3v) is 3.21. The first-order chi connectivity index (χ1) is 6.06. The van der Waals surface area contributed by atoms with Crippen LogP contribution in [0.5, 0.6) is 0 Å². The van der Waals surface area contributed by atoms with Crippen molar-refractivity contribution in [3.63, 3.8) is 0 Å². The lowest BCUT2D eigenvalue weighted by Gasteiger charge is -2.39. The highest BCUT2D eigenvalue weighted by Crippen LogP contribution is 2.24. The first-order valence-corrected chi connectivity index (χ1v) is 5.01. The van der Waals surface area contributed by atoms with Crippen molar-refractivity contribution in [3.8, 4) is 6.07 Å². The molecule has 3 heteroatoms. The summed E-state index contributed by atoms with van der Waals surface area (Å²) in [6.07, 6.45) is 4.60. The predicted octanol–water partition coefficient (Wildman–Crippen LogP) is 0.856. The van der Waals surface area contributed by atoms with Gasteiger partial charge in [-0.2, -0.15) is 5.26 Å². The molecular weight excluding hydrogens is 162 g/mol. The van der Waals surface area contributed by atoms with E-state index < -0.39 is 0 Å². The van der Waals surface area contributed by atoms with Crippen molar-refractivity contribution in [1.82, 2.24) is 0 Å². The van der Waals surface area contributed by atoms with Crippen molar-refractivity contribution in [1.29, 1.82) is 5.26 Å². The number of nitrogens with zero attached hydrogens (tertiary/aromatic N) is 2. The zero-order valence-electron chi connectivity index (χ0n) is 8.66. The van der Waals surface area contributed by atoms with E-state index in [1.807, 2.05) is 0 Å². The van der Waals surface area contributed by atoms with Crippen molar-refractivity contribution >= 4 is 0 Å². The van der Waals surface area contributed by atoms with Crippen LogP contribution >= 0.6 is 0 Å². The van der Waals surface area contributed by atoms with Gasteiger partial charge in [0.1, 0.15) is 6.07 Å². The van der Waals surface area contributed by atoms with Crippen molar-refractivity contribution in [2.24, 2.45) is 5.73 Å². The van der Waals surface area contributed by atoms with Gasteiger partial charge in [-0.05, 0) is 12.8 Å². The summed E-state index contributed by atoms with van der Waals surface area (Å²) in [6, 6.07) is 3.30. The first-order valence-electron chi connectivity index (χ1n) is 5.01. The molecule has 0 spiro atoms. The van der Waals surface area contributed by atoms with Crippen LogP contribution in [0.2, 0.25) is 0 Å². The predicted molar refractivity (Wildman–Crippen MR) is 52.8 cm³/mol. The third kappa shape index (κ3) is 2.68. The Morgan fingerprint density at radius 3 is 2.31 bits per heavy atom. The lowest BCUT2D eigenvalue weighted by atomic mass is 9.90. The molecule has 0 aromatic heterocycles. The highest BCUT2D eigenvalue weighted by atomic mass is 15.3. The molecule has 1 rings (SSSR count). The fraction of sp³-hybridized carbons (Fsp3) is 0.900. The molecule has 0 saturated heterocycles. The smallest absolute Gasteiger partial charge is 0.166 e. The monoisotopic (exact) mass is 182 g/mol. The van der Waals surface area contributed by atoms with E-state index in [0.717, 1.165) is 17.3 Å². The average molecular weight is 182 g/mol. The molecule has 0 heterocycles. The number of rotatable bonds is 2. The van der Waals surface area contributed by atoms with Crippen LogP contribution in [0, 0.1) is 11.3 Å². The van der Waals surface area contributed by atoms with E-state index >= 15 is 0 Å². The van der Waals surface area contributed by atoms with Crippen LogP contribution in [0.25, 0.3) is 0 Å². The summed E-state index contributed by atoms with van der Waals surface area (Å²) in [5.74, 6) is 0. The van der Waals surface area contributed by atoms with Crippen molar-refractivity contribution in [2.75, 3.05) is 20.6 Å². The highest BCUT2D eigenvalue weighted by molar-refractivity contribution is 4.77. The second-order valence-electron chi connectivity index (χ2n) is 4.66. The Morgan fingerprint density at radius 2 is 1.85 bits per heavy atom. The number of quaternary nitrogens is 1. The number of hydrogen-bond donors (Lipinski definition) is 1. The Morgan fingerprint density at radius 1 is 1.31 bits per heavy atom.